The second kappa shape index (κ2) is 9.62. The third-order valence-electron chi connectivity index (χ3n) is 4.65. The SMILES string of the molecule is COC(=O)CCN1CCCC1COc1ccc(Oc2ccc(Cl)cc2)cc1. The Morgan fingerprint density at radius 1 is 1.07 bits per heavy atom. The molecule has 0 aromatic heterocycles. The fourth-order valence-electron chi connectivity index (χ4n) is 3.15. The van der Waals surface area contributed by atoms with Crippen LogP contribution in [0.5, 0.6) is 17.2 Å². The Hall–Kier alpha value is -2.24. The maximum Gasteiger partial charge on any atom is 0.306 e. The van der Waals surface area contributed by atoms with Gasteiger partial charge in [-0.2, -0.15) is 0 Å². The van der Waals surface area contributed by atoms with Gasteiger partial charge < -0.3 is 14.2 Å². The molecule has 0 aliphatic carbocycles. The van der Waals surface area contributed by atoms with Gasteiger partial charge in [-0.1, -0.05) is 11.6 Å². The molecule has 27 heavy (non-hydrogen) atoms. The van der Waals surface area contributed by atoms with Crippen LogP contribution in [-0.2, 0) is 9.53 Å². The van der Waals surface area contributed by atoms with E-state index in [2.05, 4.69) is 4.90 Å². The van der Waals surface area contributed by atoms with E-state index in [1.54, 1.807) is 12.1 Å². The zero-order valence-electron chi connectivity index (χ0n) is 15.4. The lowest BCUT2D eigenvalue weighted by atomic mass is 10.2. The second-order valence-corrected chi connectivity index (χ2v) is 6.93. The highest BCUT2D eigenvalue weighted by molar-refractivity contribution is 6.30. The van der Waals surface area contributed by atoms with E-state index in [1.165, 1.54) is 7.11 Å². The molecule has 3 rings (SSSR count). The zero-order chi connectivity index (χ0) is 19.1. The molecule has 144 valence electrons. The number of methoxy groups -OCH3 is 1. The maximum atomic E-state index is 11.3. The summed E-state index contributed by atoms with van der Waals surface area (Å²) in [6.45, 7) is 2.33. The number of rotatable bonds is 8. The number of halogens is 1. The van der Waals surface area contributed by atoms with Gasteiger partial charge in [0.05, 0.1) is 13.5 Å². The molecule has 1 saturated heterocycles. The van der Waals surface area contributed by atoms with Crippen LogP contribution in [0.2, 0.25) is 5.02 Å². The lowest BCUT2D eigenvalue weighted by molar-refractivity contribution is -0.141. The fraction of sp³-hybridized carbons (Fsp3) is 0.381. The molecular weight excluding hydrogens is 366 g/mol. The van der Waals surface area contributed by atoms with Crippen molar-refractivity contribution < 1.29 is 19.0 Å². The van der Waals surface area contributed by atoms with Gasteiger partial charge >= 0.3 is 5.97 Å². The molecule has 6 heteroatoms. The summed E-state index contributed by atoms with van der Waals surface area (Å²) in [7, 11) is 1.42. The predicted octanol–water partition coefficient (Wildman–Crippen LogP) is 4.54. The van der Waals surface area contributed by atoms with Crippen LogP contribution < -0.4 is 9.47 Å². The number of hydrogen-bond donors (Lipinski definition) is 0. The number of carbonyl (C=O) groups is 1. The number of benzene rings is 2. The lowest BCUT2D eigenvalue weighted by Gasteiger charge is -2.24. The van der Waals surface area contributed by atoms with Crippen molar-refractivity contribution in [2.75, 3.05) is 26.8 Å². The van der Waals surface area contributed by atoms with Crippen molar-refractivity contribution in [1.29, 1.82) is 0 Å². The van der Waals surface area contributed by atoms with E-state index in [0.717, 1.165) is 36.6 Å². The Kier molecular flexibility index (Phi) is 6.96. The number of nitrogens with zero attached hydrogens (tertiary/aromatic N) is 1. The summed E-state index contributed by atoms with van der Waals surface area (Å²) >= 11 is 5.88. The molecule has 0 radical (unpaired) electrons. The first-order chi connectivity index (χ1) is 13.1. The molecule has 1 atom stereocenters. The molecule has 2 aromatic carbocycles. The molecular formula is C21H24ClNO4. The highest BCUT2D eigenvalue weighted by atomic mass is 35.5. The first kappa shape index (κ1) is 19.5. The molecule has 1 fully saturated rings. The van der Waals surface area contributed by atoms with Crippen molar-refractivity contribution in [2.24, 2.45) is 0 Å². The largest absolute Gasteiger partial charge is 0.492 e. The summed E-state index contributed by atoms with van der Waals surface area (Å²) in [6, 6.07) is 15.1. The molecule has 0 saturated carbocycles. The Bertz CT molecular complexity index is 733. The molecule has 1 unspecified atom stereocenters. The van der Waals surface area contributed by atoms with Gasteiger partial charge in [-0.25, -0.2) is 0 Å². The third-order valence-corrected chi connectivity index (χ3v) is 4.90. The van der Waals surface area contributed by atoms with Crippen molar-refractivity contribution in [3.8, 4) is 17.2 Å². The van der Waals surface area contributed by atoms with Gasteiger partial charge in [0.25, 0.3) is 0 Å². The molecule has 0 spiro atoms. The van der Waals surface area contributed by atoms with E-state index < -0.39 is 0 Å². The monoisotopic (exact) mass is 389 g/mol. The zero-order valence-corrected chi connectivity index (χ0v) is 16.2. The van der Waals surface area contributed by atoms with Crippen molar-refractivity contribution in [3.63, 3.8) is 0 Å². The minimum atomic E-state index is -0.169. The van der Waals surface area contributed by atoms with Gasteiger partial charge in [-0.3, -0.25) is 9.69 Å². The fourth-order valence-corrected chi connectivity index (χ4v) is 3.28. The van der Waals surface area contributed by atoms with Gasteiger partial charge in [0, 0.05) is 17.6 Å². The minimum absolute atomic E-state index is 0.169. The van der Waals surface area contributed by atoms with Crippen LogP contribution in [0.15, 0.2) is 48.5 Å². The maximum absolute atomic E-state index is 11.3. The molecule has 0 amide bonds. The number of hydrogen-bond acceptors (Lipinski definition) is 5. The lowest BCUT2D eigenvalue weighted by Crippen LogP contribution is -2.35. The van der Waals surface area contributed by atoms with Gasteiger partial charge in [-0.05, 0) is 67.9 Å². The average molecular weight is 390 g/mol. The van der Waals surface area contributed by atoms with Gasteiger partial charge in [0.15, 0.2) is 0 Å². The van der Waals surface area contributed by atoms with Crippen LogP contribution in [0.4, 0.5) is 0 Å². The van der Waals surface area contributed by atoms with E-state index in [4.69, 9.17) is 25.8 Å². The van der Waals surface area contributed by atoms with Crippen LogP contribution in [0, 0.1) is 0 Å². The number of carbonyl (C=O) groups excluding carboxylic acids is 1. The number of likely N-dealkylation sites (tertiary alicyclic amines) is 1. The molecule has 1 heterocycles. The van der Waals surface area contributed by atoms with Crippen molar-refractivity contribution in [3.05, 3.63) is 53.6 Å². The first-order valence-electron chi connectivity index (χ1n) is 9.11. The Balaban J connectivity index is 1.48. The van der Waals surface area contributed by atoms with Crippen LogP contribution in [0.3, 0.4) is 0 Å². The third kappa shape index (κ3) is 5.88. The molecule has 0 bridgehead atoms. The average Bonchev–Trinajstić information content (AvgIpc) is 3.14. The summed E-state index contributed by atoms with van der Waals surface area (Å²) in [5.41, 5.74) is 0. The van der Waals surface area contributed by atoms with Gasteiger partial charge in [0.1, 0.15) is 23.9 Å². The minimum Gasteiger partial charge on any atom is -0.492 e. The van der Waals surface area contributed by atoms with Crippen molar-refractivity contribution in [1.82, 2.24) is 4.90 Å². The standard InChI is InChI=1S/C21H24ClNO4/c1-25-21(24)12-14-23-13-2-3-17(23)15-26-18-8-10-20(11-9-18)27-19-6-4-16(22)5-7-19/h4-11,17H,2-3,12-15H2,1H3. The first-order valence-corrected chi connectivity index (χ1v) is 9.49. The van der Waals surface area contributed by atoms with Crippen LogP contribution in [-0.4, -0.2) is 43.7 Å². The van der Waals surface area contributed by atoms with Crippen LogP contribution >= 0.6 is 11.6 Å². The Morgan fingerprint density at radius 3 is 2.37 bits per heavy atom. The number of esters is 1. The van der Waals surface area contributed by atoms with Crippen LogP contribution in [0.1, 0.15) is 19.3 Å². The van der Waals surface area contributed by atoms with Gasteiger partial charge in [-0.15, -0.1) is 0 Å². The summed E-state index contributed by atoms with van der Waals surface area (Å²) < 4.78 is 16.4. The van der Waals surface area contributed by atoms with E-state index in [0.29, 0.717) is 30.6 Å². The summed E-state index contributed by atoms with van der Waals surface area (Å²) in [5.74, 6) is 2.11. The molecule has 5 nitrogen and oxygen atoms in total. The predicted molar refractivity (Wildman–Crippen MR) is 105 cm³/mol. The number of ether oxygens (including phenoxy) is 3. The van der Waals surface area contributed by atoms with Crippen LogP contribution in [0.25, 0.3) is 0 Å². The van der Waals surface area contributed by atoms with Crippen molar-refractivity contribution in [2.45, 2.75) is 25.3 Å². The van der Waals surface area contributed by atoms with E-state index in [-0.39, 0.29) is 5.97 Å². The topological polar surface area (TPSA) is 48.0 Å². The smallest absolute Gasteiger partial charge is 0.306 e. The highest BCUT2D eigenvalue weighted by Crippen LogP contribution is 2.26. The molecule has 1 aliphatic rings. The van der Waals surface area contributed by atoms with E-state index >= 15 is 0 Å². The Labute approximate surface area is 164 Å². The van der Waals surface area contributed by atoms with E-state index in [9.17, 15) is 4.79 Å². The van der Waals surface area contributed by atoms with E-state index in [1.807, 2.05) is 36.4 Å². The second-order valence-electron chi connectivity index (χ2n) is 6.50. The van der Waals surface area contributed by atoms with Gasteiger partial charge in [0.2, 0.25) is 0 Å². The molecule has 0 N–H and O–H groups in total. The molecule has 1 aliphatic heterocycles. The van der Waals surface area contributed by atoms with Crippen molar-refractivity contribution >= 4 is 17.6 Å². The normalized spacial score (nSPS) is 16.9. The molecule has 2 aromatic rings. The Morgan fingerprint density at radius 2 is 1.70 bits per heavy atom. The quantitative estimate of drug-likeness (QED) is 0.620. The summed E-state index contributed by atoms with van der Waals surface area (Å²) in [5, 5.41) is 0.679. The summed E-state index contributed by atoms with van der Waals surface area (Å²) in [4.78, 5) is 13.6. The summed E-state index contributed by atoms with van der Waals surface area (Å²) in [6.07, 6.45) is 2.63. The highest BCUT2D eigenvalue weighted by Gasteiger charge is 2.25.